The molecule has 8 nitrogen and oxygen atoms in total. The number of carbonyl (C=O) groups excluding carboxylic acids is 1. The maximum absolute atomic E-state index is 13.6. The number of pyridine rings is 1. The van der Waals surface area contributed by atoms with Crippen LogP contribution in [0.5, 0.6) is 0 Å². The van der Waals surface area contributed by atoms with Crippen LogP contribution in [0.1, 0.15) is 47.3 Å². The highest BCUT2D eigenvalue weighted by Gasteiger charge is 2.33. The van der Waals surface area contributed by atoms with Gasteiger partial charge in [0.1, 0.15) is 17.3 Å². The highest BCUT2D eigenvalue weighted by molar-refractivity contribution is 6.45. The molecule has 0 atom stereocenters. The predicted molar refractivity (Wildman–Crippen MR) is 174 cm³/mol. The molecule has 3 heterocycles. The standard InChI is InChI=1S/C19H23BFN3O2.C13H20BFN2O/c1-14-13-15(21)6-7-18(14)24(19(25)17-5-3-4-10-22-17)16-8-11-23(12-9-16)20(2)26;1-10-9-11(15)3-4-13(10)16-12-5-7-17(8-6-12)14(2)18/h3-7,10,13,16,26H,8-9,11-12H2,1-2H3;3-4,9,12,16,18H,5-8H2,1-2H3. The molecule has 0 radical (unpaired) electrons. The zero-order valence-electron chi connectivity index (χ0n) is 26.1. The summed E-state index contributed by atoms with van der Waals surface area (Å²) in [6, 6.07) is 14.9. The topological polar surface area (TPSA) is 92.2 Å². The molecule has 0 spiro atoms. The number of hydrogen-bond acceptors (Lipinski definition) is 7. The minimum atomic E-state index is -0.497. The van der Waals surface area contributed by atoms with Gasteiger partial charge in [-0.3, -0.25) is 9.78 Å². The molecule has 44 heavy (non-hydrogen) atoms. The van der Waals surface area contributed by atoms with Gasteiger partial charge in [0.15, 0.2) is 0 Å². The first kappa shape index (κ1) is 33.6. The first-order valence-electron chi connectivity index (χ1n) is 15.4. The van der Waals surface area contributed by atoms with Crippen LogP contribution in [0.15, 0.2) is 60.8 Å². The fourth-order valence-electron chi connectivity index (χ4n) is 5.92. The van der Waals surface area contributed by atoms with E-state index in [-0.39, 0.29) is 30.6 Å². The summed E-state index contributed by atoms with van der Waals surface area (Å²) in [6.07, 6.45) is 5.07. The lowest BCUT2D eigenvalue weighted by molar-refractivity contribution is 0.0962. The number of benzene rings is 2. The third-order valence-electron chi connectivity index (χ3n) is 8.52. The molecule has 2 aromatic carbocycles. The Balaban J connectivity index is 0.000000215. The Morgan fingerprint density at radius 2 is 1.43 bits per heavy atom. The first-order valence-corrected chi connectivity index (χ1v) is 15.4. The number of rotatable bonds is 7. The molecule has 1 amide bonds. The van der Waals surface area contributed by atoms with Crippen molar-refractivity contribution in [2.24, 2.45) is 0 Å². The van der Waals surface area contributed by atoms with Gasteiger partial charge in [-0.05, 0) is 139 Å². The van der Waals surface area contributed by atoms with E-state index in [1.807, 2.05) is 18.7 Å². The third kappa shape index (κ3) is 8.88. The normalized spacial score (nSPS) is 16.5. The van der Waals surface area contributed by atoms with Gasteiger partial charge >= 0.3 is 14.1 Å². The zero-order chi connectivity index (χ0) is 31.8. The molecular formula is C32H43B2F2N5O3. The molecule has 0 aliphatic carbocycles. The number of halogens is 2. The van der Waals surface area contributed by atoms with Gasteiger partial charge in [-0.1, -0.05) is 6.07 Å². The van der Waals surface area contributed by atoms with Crippen LogP contribution in [0.4, 0.5) is 20.2 Å². The average Bonchev–Trinajstić information content (AvgIpc) is 3.01. The van der Waals surface area contributed by atoms with E-state index >= 15 is 0 Å². The molecule has 0 saturated carbocycles. The number of carbonyl (C=O) groups is 1. The van der Waals surface area contributed by atoms with Gasteiger partial charge in [0.05, 0.1) is 0 Å². The third-order valence-corrected chi connectivity index (χ3v) is 8.52. The van der Waals surface area contributed by atoms with Crippen LogP contribution in [0.25, 0.3) is 0 Å². The van der Waals surface area contributed by atoms with Crippen LogP contribution in [-0.4, -0.2) is 82.9 Å². The summed E-state index contributed by atoms with van der Waals surface area (Å²) in [5.74, 6) is -0.696. The Bertz CT molecular complexity index is 1370. The molecular weight excluding hydrogens is 562 g/mol. The quantitative estimate of drug-likeness (QED) is 0.331. The fourth-order valence-corrected chi connectivity index (χ4v) is 5.92. The van der Waals surface area contributed by atoms with Gasteiger partial charge in [0, 0.05) is 29.7 Å². The van der Waals surface area contributed by atoms with Crippen LogP contribution in [-0.2, 0) is 0 Å². The van der Waals surface area contributed by atoms with Gasteiger partial charge in [-0.25, -0.2) is 8.78 Å². The molecule has 12 heteroatoms. The van der Waals surface area contributed by atoms with Crippen molar-refractivity contribution in [1.29, 1.82) is 0 Å². The summed E-state index contributed by atoms with van der Waals surface area (Å²) in [4.78, 5) is 23.2. The first-order chi connectivity index (χ1) is 21.0. The van der Waals surface area contributed by atoms with Crippen molar-refractivity contribution in [2.45, 2.75) is 65.3 Å². The van der Waals surface area contributed by atoms with Crippen molar-refractivity contribution in [3.8, 4) is 0 Å². The van der Waals surface area contributed by atoms with Crippen molar-refractivity contribution in [3.63, 3.8) is 0 Å². The monoisotopic (exact) mass is 605 g/mol. The van der Waals surface area contributed by atoms with E-state index in [4.69, 9.17) is 0 Å². The SMILES string of the molecule is CB(O)N1CCC(N(C(=O)c2ccccn2)c2ccc(F)cc2C)CC1.CB(O)N1CCC(Nc2ccc(F)cc2C)CC1. The summed E-state index contributed by atoms with van der Waals surface area (Å²) < 4.78 is 26.6. The van der Waals surface area contributed by atoms with Gasteiger partial charge in [-0.15, -0.1) is 0 Å². The van der Waals surface area contributed by atoms with Gasteiger partial charge in [0.25, 0.3) is 5.91 Å². The minimum Gasteiger partial charge on any atom is -0.437 e. The van der Waals surface area contributed by atoms with Gasteiger partial charge in [0.2, 0.25) is 0 Å². The van der Waals surface area contributed by atoms with Crippen molar-refractivity contribution in [1.82, 2.24) is 14.6 Å². The average molecular weight is 605 g/mol. The number of nitrogens with one attached hydrogen (secondary N) is 1. The number of hydrogen-bond donors (Lipinski definition) is 3. The lowest BCUT2D eigenvalue weighted by atomic mass is 9.82. The molecule has 0 unspecified atom stereocenters. The second-order valence-electron chi connectivity index (χ2n) is 11.8. The van der Waals surface area contributed by atoms with Crippen molar-refractivity contribution >= 4 is 31.4 Å². The highest BCUT2D eigenvalue weighted by Crippen LogP contribution is 2.29. The van der Waals surface area contributed by atoms with Gasteiger partial charge in [-0.2, -0.15) is 0 Å². The van der Waals surface area contributed by atoms with E-state index < -0.39 is 7.05 Å². The van der Waals surface area contributed by atoms with E-state index in [1.54, 1.807) is 61.1 Å². The number of piperidine rings is 2. The lowest BCUT2D eigenvalue weighted by Gasteiger charge is -2.39. The largest absolute Gasteiger partial charge is 0.437 e. The molecule has 1 aromatic heterocycles. The van der Waals surface area contributed by atoms with Crippen LogP contribution < -0.4 is 10.2 Å². The molecule has 2 saturated heterocycles. The molecule has 2 aliphatic heterocycles. The van der Waals surface area contributed by atoms with Gasteiger partial charge < -0.3 is 29.9 Å². The molecule has 234 valence electrons. The summed E-state index contributed by atoms with van der Waals surface area (Å²) in [7, 11) is -0.859. The van der Waals surface area contributed by atoms with Crippen molar-refractivity contribution in [3.05, 3.63) is 89.2 Å². The summed E-state index contributed by atoms with van der Waals surface area (Å²) in [5, 5.41) is 22.7. The van der Waals surface area contributed by atoms with Crippen molar-refractivity contribution in [2.75, 3.05) is 36.4 Å². The lowest BCUT2D eigenvalue weighted by Crippen LogP contribution is -2.51. The summed E-state index contributed by atoms with van der Waals surface area (Å²) >= 11 is 0. The molecule has 2 aliphatic rings. The highest BCUT2D eigenvalue weighted by atomic mass is 19.1. The second kappa shape index (κ2) is 15.6. The van der Waals surface area contributed by atoms with Crippen LogP contribution in [0, 0.1) is 25.5 Å². The Morgan fingerprint density at radius 3 is 1.95 bits per heavy atom. The Kier molecular flexibility index (Phi) is 11.9. The van der Waals surface area contributed by atoms with E-state index in [0.717, 1.165) is 50.0 Å². The number of amides is 1. The summed E-state index contributed by atoms with van der Waals surface area (Å²) in [5.41, 5.74) is 3.74. The van der Waals surface area contributed by atoms with Crippen LogP contribution >= 0.6 is 0 Å². The Labute approximate surface area is 260 Å². The van der Waals surface area contributed by atoms with E-state index in [2.05, 4.69) is 15.1 Å². The Hall–Kier alpha value is -3.31. The smallest absolute Gasteiger partial charge is 0.376 e. The van der Waals surface area contributed by atoms with Crippen molar-refractivity contribution < 1.29 is 23.6 Å². The number of nitrogens with zero attached hydrogens (tertiary/aromatic N) is 4. The Morgan fingerprint density at radius 1 is 0.864 bits per heavy atom. The van der Waals surface area contributed by atoms with E-state index in [1.165, 1.54) is 18.2 Å². The zero-order valence-corrected chi connectivity index (χ0v) is 26.1. The second-order valence-corrected chi connectivity index (χ2v) is 11.8. The van der Waals surface area contributed by atoms with E-state index in [0.29, 0.717) is 36.1 Å². The summed E-state index contributed by atoms with van der Waals surface area (Å²) in [6.45, 7) is 10.5. The molecule has 3 N–H and O–H groups in total. The molecule has 0 bridgehead atoms. The number of anilines is 2. The molecule has 3 aromatic rings. The molecule has 2 fully saturated rings. The number of aryl methyl sites for hydroxylation is 2. The van der Waals surface area contributed by atoms with Crippen LogP contribution in [0.2, 0.25) is 13.6 Å². The minimum absolute atomic E-state index is 0.0244. The fraction of sp³-hybridized carbons (Fsp3) is 0.438. The maximum atomic E-state index is 13.6. The predicted octanol–water partition coefficient (Wildman–Crippen LogP) is 4.87. The van der Waals surface area contributed by atoms with E-state index in [9.17, 15) is 23.6 Å². The maximum Gasteiger partial charge on any atom is 0.376 e. The molecule has 5 rings (SSSR count). The van der Waals surface area contributed by atoms with Crippen LogP contribution in [0.3, 0.4) is 0 Å². The number of aromatic nitrogens is 1.